The van der Waals surface area contributed by atoms with Crippen molar-refractivity contribution in [3.05, 3.63) is 83.4 Å². The Hall–Kier alpha value is -2.88. The molecule has 5 rings (SSSR count). The van der Waals surface area contributed by atoms with Crippen LogP contribution in [0.25, 0.3) is 0 Å². The fourth-order valence-corrected chi connectivity index (χ4v) is 4.72. The van der Waals surface area contributed by atoms with Crippen molar-refractivity contribution in [2.24, 2.45) is 5.41 Å². The highest BCUT2D eigenvalue weighted by Gasteiger charge is 2.63. The van der Waals surface area contributed by atoms with E-state index in [0.717, 1.165) is 11.1 Å². The SMILES string of the molecule is C=CCOC(=O)C1(C(=O)OCC)CC2c3ccccc3C1c1ccccc12. The van der Waals surface area contributed by atoms with E-state index in [0.29, 0.717) is 6.42 Å². The zero-order valence-corrected chi connectivity index (χ0v) is 15.3. The number of rotatable bonds is 5. The quantitative estimate of drug-likeness (QED) is 0.459. The smallest absolute Gasteiger partial charge is 0.324 e. The lowest BCUT2D eigenvalue weighted by atomic mass is 9.52. The number of hydrogen-bond acceptors (Lipinski definition) is 4. The van der Waals surface area contributed by atoms with Gasteiger partial charge in [-0.3, -0.25) is 9.59 Å². The van der Waals surface area contributed by atoms with Gasteiger partial charge in [0.2, 0.25) is 0 Å². The number of esters is 2. The Bertz CT molecular complexity index is 869. The van der Waals surface area contributed by atoms with Crippen LogP contribution in [0.3, 0.4) is 0 Å². The van der Waals surface area contributed by atoms with E-state index >= 15 is 0 Å². The van der Waals surface area contributed by atoms with Crippen LogP contribution in [0.1, 0.15) is 47.4 Å². The van der Waals surface area contributed by atoms with Gasteiger partial charge in [-0.25, -0.2) is 0 Å². The van der Waals surface area contributed by atoms with E-state index in [1.54, 1.807) is 6.92 Å². The highest BCUT2D eigenvalue weighted by Crippen LogP contribution is 2.61. The average molecular weight is 362 g/mol. The van der Waals surface area contributed by atoms with Crippen LogP contribution >= 0.6 is 0 Å². The number of benzene rings is 2. The van der Waals surface area contributed by atoms with Crippen molar-refractivity contribution in [2.75, 3.05) is 13.2 Å². The van der Waals surface area contributed by atoms with Crippen LogP contribution in [0, 0.1) is 5.41 Å². The molecule has 0 saturated heterocycles. The van der Waals surface area contributed by atoms with Gasteiger partial charge < -0.3 is 9.47 Å². The molecule has 138 valence electrons. The maximum absolute atomic E-state index is 13.2. The first kappa shape index (κ1) is 17.5. The summed E-state index contributed by atoms with van der Waals surface area (Å²) in [6.45, 7) is 5.65. The van der Waals surface area contributed by atoms with Crippen LogP contribution in [-0.2, 0) is 19.1 Å². The monoisotopic (exact) mass is 362 g/mol. The Kier molecular flexibility index (Phi) is 4.34. The zero-order valence-electron chi connectivity index (χ0n) is 15.3. The van der Waals surface area contributed by atoms with Crippen LogP contribution in [0.4, 0.5) is 0 Å². The Morgan fingerprint density at radius 1 is 1.00 bits per heavy atom. The summed E-state index contributed by atoms with van der Waals surface area (Å²) < 4.78 is 10.8. The summed E-state index contributed by atoms with van der Waals surface area (Å²) in [7, 11) is 0. The van der Waals surface area contributed by atoms with Crippen LogP contribution in [0.15, 0.2) is 61.2 Å². The van der Waals surface area contributed by atoms with Gasteiger partial charge in [0.1, 0.15) is 6.61 Å². The fourth-order valence-electron chi connectivity index (χ4n) is 4.72. The molecule has 1 unspecified atom stereocenters. The van der Waals surface area contributed by atoms with Gasteiger partial charge in [-0.15, -0.1) is 0 Å². The van der Waals surface area contributed by atoms with Gasteiger partial charge >= 0.3 is 11.9 Å². The molecule has 4 heteroatoms. The van der Waals surface area contributed by atoms with E-state index in [9.17, 15) is 9.59 Å². The fraction of sp³-hybridized carbons (Fsp3) is 0.304. The summed E-state index contributed by atoms with van der Waals surface area (Å²) >= 11 is 0. The third kappa shape index (κ3) is 2.43. The van der Waals surface area contributed by atoms with E-state index in [1.165, 1.54) is 17.2 Å². The van der Waals surface area contributed by atoms with Crippen LogP contribution in [0.2, 0.25) is 0 Å². The Balaban J connectivity index is 1.95. The van der Waals surface area contributed by atoms with Crippen LogP contribution in [0.5, 0.6) is 0 Å². The zero-order chi connectivity index (χ0) is 19.0. The minimum atomic E-state index is -1.37. The highest BCUT2D eigenvalue weighted by molar-refractivity contribution is 6.03. The molecule has 0 fully saturated rings. The summed E-state index contributed by atoms with van der Waals surface area (Å²) in [5, 5.41) is 0. The lowest BCUT2D eigenvalue weighted by molar-refractivity contribution is -0.175. The van der Waals surface area contributed by atoms with Gasteiger partial charge in [0, 0.05) is 11.8 Å². The van der Waals surface area contributed by atoms with Crippen LogP contribution in [-0.4, -0.2) is 25.2 Å². The first-order valence-electron chi connectivity index (χ1n) is 9.28. The van der Waals surface area contributed by atoms with Gasteiger partial charge in [-0.1, -0.05) is 61.2 Å². The van der Waals surface area contributed by atoms with Crippen molar-refractivity contribution in [1.29, 1.82) is 0 Å². The van der Waals surface area contributed by atoms with Gasteiger partial charge in [0.15, 0.2) is 5.41 Å². The van der Waals surface area contributed by atoms with Crippen molar-refractivity contribution in [2.45, 2.75) is 25.2 Å². The molecule has 1 atom stereocenters. The molecule has 0 saturated carbocycles. The Labute approximate surface area is 158 Å². The number of ether oxygens (including phenoxy) is 2. The maximum atomic E-state index is 13.2. The van der Waals surface area contributed by atoms with Crippen LogP contribution < -0.4 is 0 Å². The minimum absolute atomic E-state index is 0.0388. The van der Waals surface area contributed by atoms with Crippen molar-refractivity contribution in [3.8, 4) is 0 Å². The largest absolute Gasteiger partial charge is 0.465 e. The van der Waals surface area contributed by atoms with Crippen molar-refractivity contribution >= 4 is 11.9 Å². The lowest BCUT2D eigenvalue weighted by Crippen LogP contribution is -2.53. The number of carbonyl (C=O) groups is 2. The molecule has 2 aromatic rings. The van der Waals surface area contributed by atoms with E-state index in [4.69, 9.17) is 9.47 Å². The second-order valence-electron chi connectivity index (χ2n) is 7.03. The first-order chi connectivity index (χ1) is 13.1. The first-order valence-corrected chi connectivity index (χ1v) is 9.28. The topological polar surface area (TPSA) is 52.6 Å². The number of fused-ring (bicyclic) bond motifs is 1. The summed E-state index contributed by atoms with van der Waals surface area (Å²) in [6, 6.07) is 16.1. The Morgan fingerprint density at radius 2 is 1.52 bits per heavy atom. The van der Waals surface area contributed by atoms with Gasteiger partial charge in [-0.05, 0) is 35.6 Å². The van der Waals surface area contributed by atoms with E-state index in [2.05, 4.69) is 18.7 Å². The van der Waals surface area contributed by atoms with E-state index in [1.807, 2.05) is 36.4 Å². The molecule has 3 aliphatic carbocycles. The highest BCUT2D eigenvalue weighted by atomic mass is 16.6. The summed E-state index contributed by atoms with van der Waals surface area (Å²) in [5.41, 5.74) is 3.01. The molecular weight excluding hydrogens is 340 g/mol. The van der Waals surface area contributed by atoms with Gasteiger partial charge in [0.05, 0.1) is 6.61 Å². The second-order valence-corrected chi connectivity index (χ2v) is 7.03. The predicted octanol–water partition coefficient (Wildman–Crippen LogP) is 3.95. The van der Waals surface area contributed by atoms with Crippen molar-refractivity contribution < 1.29 is 19.1 Å². The average Bonchev–Trinajstić information content (AvgIpc) is 2.72. The molecule has 0 aromatic heterocycles. The molecule has 0 aliphatic heterocycles. The molecule has 0 spiro atoms. The van der Waals surface area contributed by atoms with Crippen molar-refractivity contribution in [1.82, 2.24) is 0 Å². The standard InChI is InChI=1S/C23H22O4/c1-3-13-27-22(25)23(21(24)26-4-2)14-19-15-9-5-7-11-17(15)20(23)18-12-8-6-10-16(18)19/h3,5-12,19-20H,1,4,13-14H2,2H3. The minimum Gasteiger partial charge on any atom is -0.465 e. The third-order valence-corrected chi connectivity index (χ3v) is 5.72. The van der Waals surface area contributed by atoms with E-state index < -0.39 is 23.3 Å². The number of hydrogen-bond donors (Lipinski definition) is 0. The molecule has 4 nitrogen and oxygen atoms in total. The summed E-state index contributed by atoms with van der Waals surface area (Å²) in [4.78, 5) is 26.4. The summed E-state index contributed by atoms with van der Waals surface area (Å²) in [5.74, 6) is -1.48. The molecule has 27 heavy (non-hydrogen) atoms. The number of carbonyl (C=O) groups excluding carboxylic acids is 2. The van der Waals surface area contributed by atoms with E-state index in [-0.39, 0.29) is 19.1 Å². The molecule has 2 aromatic carbocycles. The molecule has 0 amide bonds. The lowest BCUT2D eigenvalue weighted by Gasteiger charge is -2.49. The molecule has 3 aliphatic rings. The molecule has 0 heterocycles. The Morgan fingerprint density at radius 3 is 2.04 bits per heavy atom. The van der Waals surface area contributed by atoms with Gasteiger partial charge in [0.25, 0.3) is 0 Å². The molecule has 2 bridgehead atoms. The summed E-state index contributed by atoms with van der Waals surface area (Å²) in [6.07, 6.45) is 1.88. The van der Waals surface area contributed by atoms with Crippen molar-refractivity contribution in [3.63, 3.8) is 0 Å². The molecular formula is C23H22O4. The molecule has 0 N–H and O–H groups in total. The predicted molar refractivity (Wildman–Crippen MR) is 101 cm³/mol. The second kappa shape index (κ2) is 6.69. The molecule has 0 radical (unpaired) electrons. The third-order valence-electron chi connectivity index (χ3n) is 5.72. The maximum Gasteiger partial charge on any atom is 0.324 e. The normalized spacial score (nSPS) is 24.5. The van der Waals surface area contributed by atoms with Gasteiger partial charge in [-0.2, -0.15) is 0 Å².